The zero-order valence-corrected chi connectivity index (χ0v) is 33.7. The minimum absolute atomic E-state index is 0.597. The molecular formula is C39H64N4O16. The first-order valence-corrected chi connectivity index (χ1v) is 20.7. The highest BCUT2D eigenvalue weighted by Gasteiger charge is 2.53. The molecule has 0 aliphatic carbocycles. The van der Waals surface area contributed by atoms with Gasteiger partial charge in [-0.1, -0.05) is 77.2 Å². The van der Waals surface area contributed by atoms with Gasteiger partial charge in [0.15, 0.2) is 18.8 Å². The van der Waals surface area contributed by atoms with E-state index in [1.807, 2.05) is 4.98 Å². The van der Waals surface area contributed by atoms with Gasteiger partial charge in [-0.2, -0.15) is 0 Å². The van der Waals surface area contributed by atoms with Crippen molar-refractivity contribution in [2.75, 3.05) is 6.61 Å². The lowest BCUT2D eigenvalue weighted by Crippen LogP contribution is -2.68. The van der Waals surface area contributed by atoms with E-state index in [4.69, 9.17) is 18.9 Å². The molecule has 3 saturated heterocycles. The maximum atomic E-state index is 13.1. The molecule has 20 nitrogen and oxygen atoms in total. The first kappa shape index (κ1) is 48.5. The highest BCUT2D eigenvalue weighted by atomic mass is 16.8. The average molecular weight is 845 g/mol. The quantitative estimate of drug-likeness (QED) is 0.0447. The Labute approximate surface area is 342 Å². The van der Waals surface area contributed by atoms with Crippen molar-refractivity contribution >= 4 is 11.8 Å². The molecule has 2 unspecified atom stereocenters. The highest BCUT2D eigenvalue weighted by molar-refractivity contribution is 5.87. The zero-order chi connectivity index (χ0) is 43.2. The molecule has 4 rings (SSSR count). The van der Waals surface area contributed by atoms with Crippen LogP contribution in [0, 0.1) is 0 Å². The molecule has 0 bridgehead atoms. The van der Waals surface area contributed by atoms with Crippen LogP contribution in [0.5, 0.6) is 0 Å². The Morgan fingerprint density at radius 1 is 0.797 bits per heavy atom. The van der Waals surface area contributed by atoms with Crippen LogP contribution in [0.15, 0.2) is 34.0 Å². The Morgan fingerprint density at radius 3 is 1.93 bits per heavy atom. The van der Waals surface area contributed by atoms with Crippen LogP contribution < -0.4 is 21.9 Å². The molecule has 3 aliphatic rings. The summed E-state index contributed by atoms with van der Waals surface area (Å²) in [6.07, 6.45) is -5.00. The topological polar surface area (TPSA) is 312 Å². The second-order valence-electron chi connectivity index (χ2n) is 15.6. The summed E-state index contributed by atoms with van der Waals surface area (Å²) < 4.78 is 24.1. The molecule has 1 aromatic rings. The van der Waals surface area contributed by atoms with E-state index < -0.39 is 128 Å². The summed E-state index contributed by atoms with van der Waals surface area (Å²) in [5, 5.41) is 91.4. The van der Waals surface area contributed by atoms with Crippen LogP contribution in [0.3, 0.4) is 0 Å². The van der Waals surface area contributed by atoms with Gasteiger partial charge in [0, 0.05) is 25.6 Å². The van der Waals surface area contributed by atoms with Gasteiger partial charge in [0.05, 0.1) is 18.8 Å². The minimum Gasteiger partial charge on any atom is -0.394 e. The number of aliphatic hydroxyl groups is 8. The fourth-order valence-electron chi connectivity index (χ4n) is 7.68. The van der Waals surface area contributed by atoms with Crippen LogP contribution in [0.25, 0.3) is 0 Å². The molecular weight excluding hydrogens is 780 g/mol. The number of nitrogens with zero attached hydrogens (tertiary/aromatic N) is 1. The van der Waals surface area contributed by atoms with Crippen LogP contribution in [0.4, 0.5) is 0 Å². The second kappa shape index (κ2) is 23.8. The molecule has 2 amide bonds. The Bertz CT molecular complexity index is 1590. The van der Waals surface area contributed by atoms with E-state index in [1.165, 1.54) is 51.0 Å². The molecule has 20 heteroatoms. The van der Waals surface area contributed by atoms with E-state index in [-0.39, 0.29) is 0 Å². The fraction of sp³-hybridized carbons (Fsp3) is 0.795. The third-order valence-electron chi connectivity index (χ3n) is 11.0. The predicted molar refractivity (Wildman–Crippen MR) is 207 cm³/mol. The van der Waals surface area contributed by atoms with Crippen molar-refractivity contribution < 1.29 is 69.4 Å². The summed E-state index contributed by atoms with van der Waals surface area (Å²) in [6, 6.07) is -2.01. The van der Waals surface area contributed by atoms with Gasteiger partial charge in [0.2, 0.25) is 11.8 Å². The van der Waals surface area contributed by atoms with Crippen molar-refractivity contribution in [1.29, 1.82) is 0 Å². The standard InChI is InChI=1S/C39H64N4O16/c1-3-4-5-6-7-8-9-10-11-12-13-14-15-16-25(47)41-28-32(52)29(49)23(56-38(28)59-37-27(40-21(2)45)31(51)30(50)24(20-44)57-37)19-22(46)35-33(53)34(54)36(58-35)43-18-17-26(48)42-39(43)55/h15-18,22-24,27-38,44,46,49-54H,3-14,19-20H2,1-2H3,(H,40,45)(H,41,47)(H,42,48,55)/b16-15+/t22?,23?,24-,27-,28-,29+,30-,31-,32-,33+,34-,35-,36-,37-,38+/m1/s1. The van der Waals surface area contributed by atoms with E-state index in [0.717, 1.165) is 49.4 Å². The molecule has 3 aliphatic heterocycles. The van der Waals surface area contributed by atoms with Crippen molar-refractivity contribution in [3.05, 3.63) is 45.3 Å². The number of amides is 2. The molecule has 11 N–H and O–H groups in total. The lowest BCUT2D eigenvalue weighted by Gasteiger charge is -2.47. The average Bonchev–Trinajstić information content (AvgIpc) is 3.49. The Hall–Kier alpha value is -3.12. The number of nitrogens with one attached hydrogen (secondary N) is 3. The van der Waals surface area contributed by atoms with Gasteiger partial charge in [0.25, 0.3) is 5.56 Å². The number of aromatic nitrogens is 2. The van der Waals surface area contributed by atoms with Crippen LogP contribution in [-0.2, 0) is 28.5 Å². The first-order chi connectivity index (χ1) is 28.2. The number of aliphatic hydroxyl groups excluding tert-OH is 8. The fourth-order valence-corrected chi connectivity index (χ4v) is 7.68. The monoisotopic (exact) mass is 844 g/mol. The normalized spacial score (nSPS) is 34.2. The van der Waals surface area contributed by atoms with E-state index >= 15 is 0 Å². The largest absolute Gasteiger partial charge is 0.394 e. The van der Waals surface area contributed by atoms with Gasteiger partial charge in [0.1, 0.15) is 60.9 Å². The van der Waals surface area contributed by atoms with Crippen molar-refractivity contribution in [2.24, 2.45) is 0 Å². The zero-order valence-electron chi connectivity index (χ0n) is 33.7. The van der Waals surface area contributed by atoms with Crippen LogP contribution in [0.2, 0.25) is 0 Å². The van der Waals surface area contributed by atoms with Crippen LogP contribution >= 0.6 is 0 Å². The van der Waals surface area contributed by atoms with Gasteiger partial charge < -0.3 is 70.4 Å². The smallest absolute Gasteiger partial charge is 0.330 e. The third-order valence-corrected chi connectivity index (χ3v) is 11.0. The number of H-pyrrole nitrogens is 1. The number of rotatable bonds is 22. The number of ether oxygens (including phenoxy) is 4. The van der Waals surface area contributed by atoms with Crippen molar-refractivity contribution in [3.8, 4) is 0 Å². The van der Waals surface area contributed by atoms with E-state index in [0.29, 0.717) is 6.42 Å². The van der Waals surface area contributed by atoms with Gasteiger partial charge in [-0.3, -0.25) is 23.9 Å². The summed E-state index contributed by atoms with van der Waals surface area (Å²) in [6.45, 7) is 2.55. The predicted octanol–water partition coefficient (Wildman–Crippen LogP) is -1.94. The number of hydrogen-bond donors (Lipinski definition) is 11. The molecule has 15 atom stereocenters. The number of carbonyl (C=O) groups excluding carboxylic acids is 2. The number of hydrogen-bond acceptors (Lipinski definition) is 16. The molecule has 0 aromatic carbocycles. The maximum Gasteiger partial charge on any atom is 0.330 e. The second-order valence-corrected chi connectivity index (χ2v) is 15.6. The summed E-state index contributed by atoms with van der Waals surface area (Å²) >= 11 is 0. The Kier molecular flexibility index (Phi) is 19.6. The molecule has 0 radical (unpaired) electrons. The van der Waals surface area contributed by atoms with Gasteiger partial charge in [-0.05, 0) is 18.9 Å². The van der Waals surface area contributed by atoms with Gasteiger partial charge in [-0.15, -0.1) is 0 Å². The van der Waals surface area contributed by atoms with Crippen molar-refractivity contribution in [3.63, 3.8) is 0 Å². The number of carbonyl (C=O) groups is 2. The first-order valence-electron chi connectivity index (χ1n) is 20.7. The number of aromatic amines is 1. The molecule has 0 spiro atoms. The molecule has 59 heavy (non-hydrogen) atoms. The lowest BCUT2D eigenvalue weighted by atomic mass is 9.91. The van der Waals surface area contributed by atoms with Gasteiger partial charge in [-0.25, -0.2) is 4.79 Å². The Balaban J connectivity index is 1.44. The minimum atomic E-state index is -1.85. The molecule has 4 heterocycles. The highest BCUT2D eigenvalue weighted by Crippen LogP contribution is 2.34. The maximum absolute atomic E-state index is 13.1. The van der Waals surface area contributed by atoms with Crippen LogP contribution in [-0.4, -0.2) is 155 Å². The summed E-state index contributed by atoms with van der Waals surface area (Å²) in [5.74, 6) is -1.35. The summed E-state index contributed by atoms with van der Waals surface area (Å²) in [5.41, 5.74) is -1.68. The molecule has 336 valence electrons. The number of allylic oxidation sites excluding steroid dienone is 1. The van der Waals surface area contributed by atoms with E-state index in [1.54, 1.807) is 6.08 Å². The third kappa shape index (κ3) is 13.4. The van der Waals surface area contributed by atoms with Gasteiger partial charge >= 0.3 is 5.69 Å². The van der Waals surface area contributed by atoms with Crippen molar-refractivity contribution in [2.45, 2.75) is 189 Å². The lowest BCUT2D eigenvalue weighted by molar-refractivity contribution is -0.346. The number of unbranched alkanes of at least 4 members (excludes halogenated alkanes) is 11. The molecule has 3 fully saturated rings. The molecule has 0 saturated carbocycles. The summed E-state index contributed by atoms with van der Waals surface area (Å²) in [4.78, 5) is 51.1. The van der Waals surface area contributed by atoms with Crippen molar-refractivity contribution in [1.82, 2.24) is 20.2 Å². The van der Waals surface area contributed by atoms with Crippen LogP contribution in [0.1, 0.15) is 104 Å². The SMILES string of the molecule is CCCCCCCCCCCCC/C=C/C(=O)N[C@H]1[C@H](O[C@H]2O[C@H](CO)[C@@H](O)[C@H](O)[C@H]2NC(C)=O)OC(CC(O)[C@H]2O[C@@H](n3ccc(=O)[nH]c3=O)[C@H](O)[C@@H]2O)[C@H](O)[C@@H]1O. The van der Waals surface area contributed by atoms with E-state index in [9.17, 15) is 60.0 Å². The summed E-state index contributed by atoms with van der Waals surface area (Å²) in [7, 11) is 0. The Morgan fingerprint density at radius 2 is 1.36 bits per heavy atom. The molecule has 1 aromatic heterocycles. The van der Waals surface area contributed by atoms with E-state index in [2.05, 4.69) is 17.6 Å².